The fourth-order valence-corrected chi connectivity index (χ4v) is 3.25. The van der Waals surface area contributed by atoms with Crippen LogP contribution in [0.2, 0.25) is 0 Å². The normalized spacial score (nSPS) is 16.0. The van der Waals surface area contributed by atoms with Crippen LogP contribution in [0.25, 0.3) is 0 Å². The molecule has 144 valence electrons. The van der Waals surface area contributed by atoms with E-state index in [-0.39, 0.29) is 39.2 Å². The van der Waals surface area contributed by atoms with Crippen molar-refractivity contribution < 1.29 is 45.1 Å². The Balaban J connectivity index is 4.34. The van der Waals surface area contributed by atoms with E-state index in [1.54, 1.807) is 0 Å². The van der Waals surface area contributed by atoms with Gasteiger partial charge in [-0.25, -0.2) is 17.9 Å². The first-order chi connectivity index (χ1) is 11.9. The molecule has 0 aromatic heterocycles. The van der Waals surface area contributed by atoms with Gasteiger partial charge < -0.3 is 4.52 Å². The Morgan fingerprint density at radius 2 is 1.68 bits per heavy atom. The minimum Gasteiger partial charge on any atom is -0.413 e. The van der Waals surface area contributed by atoms with Gasteiger partial charge in [0.2, 0.25) is 0 Å². The SMILES string of the molecule is C#CCOP(=O)(OC/C=C/F)OCCCOP(=O)(OC=C)OCCF. The molecule has 0 aliphatic heterocycles. The van der Waals surface area contributed by atoms with E-state index < -0.39 is 28.9 Å². The molecular formula is C13H20F2O8P2. The van der Waals surface area contributed by atoms with Gasteiger partial charge >= 0.3 is 15.6 Å². The summed E-state index contributed by atoms with van der Waals surface area (Å²) in [4.78, 5) is 0. The molecule has 0 aliphatic carbocycles. The minimum absolute atomic E-state index is 0.0786. The molecule has 2 atom stereocenters. The topological polar surface area (TPSA) is 89.5 Å². The molecule has 0 aromatic carbocycles. The predicted molar refractivity (Wildman–Crippen MR) is 85.9 cm³/mol. The van der Waals surface area contributed by atoms with Gasteiger partial charge in [0.05, 0.1) is 39.0 Å². The molecule has 8 nitrogen and oxygen atoms in total. The molecule has 0 fully saturated rings. The standard InChI is InChI=1S/C13H20F2O8P2/c1-3-9-19-25(17,20-10-5-7-14)22-12-6-11-21-24(16,18-4-2)23-13-8-15/h1,4-5,7H,2,6,8-13H2/b7-5+. The Morgan fingerprint density at radius 3 is 2.24 bits per heavy atom. The van der Waals surface area contributed by atoms with Crippen LogP contribution in [0.15, 0.2) is 25.2 Å². The van der Waals surface area contributed by atoms with Crippen molar-refractivity contribution in [1.29, 1.82) is 0 Å². The summed E-state index contributed by atoms with van der Waals surface area (Å²) in [6.45, 7) is 0.759. The van der Waals surface area contributed by atoms with Crippen LogP contribution >= 0.6 is 15.6 Å². The van der Waals surface area contributed by atoms with E-state index in [2.05, 4.69) is 21.5 Å². The summed E-state index contributed by atoms with van der Waals surface area (Å²) in [6, 6.07) is 0. The van der Waals surface area contributed by atoms with Gasteiger partial charge in [0.25, 0.3) is 0 Å². The van der Waals surface area contributed by atoms with Crippen LogP contribution < -0.4 is 0 Å². The van der Waals surface area contributed by atoms with Gasteiger partial charge in [-0.3, -0.25) is 22.6 Å². The Morgan fingerprint density at radius 1 is 1.04 bits per heavy atom. The lowest BCUT2D eigenvalue weighted by atomic mass is 10.5. The van der Waals surface area contributed by atoms with Crippen LogP contribution in [0.5, 0.6) is 0 Å². The van der Waals surface area contributed by atoms with E-state index in [0.29, 0.717) is 0 Å². The third-order valence-electron chi connectivity index (χ3n) is 2.04. The van der Waals surface area contributed by atoms with Crippen LogP contribution in [0.4, 0.5) is 8.78 Å². The van der Waals surface area contributed by atoms with Crippen molar-refractivity contribution in [2.45, 2.75) is 6.42 Å². The molecule has 0 rings (SSSR count). The van der Waals surface area contributed by atoms with Gasteiger partial charge in [-0.15, -0.1) is 6.42 Å². The number of terminal acetylenes is 1. The van der Waals surface area contributed by atoms with Crippen LogP contribution in [-0.4, -0.2) is 39.7 Å². The second-order valence-electron chi connectivity index (χ2n) is 3.84. The van der Waals surface area contributed by atoms with E-state index >= 15 is 0 Å². The van der Waals surface area contributed by atoms with E-state index in [1.807, 2.05) is 0 Å². The number of alkyl halides is 1. The average Bonchev–Trinajstić information content (AvgIpc) is 2.59. The minimum atomic E-state index is -3.99. The van der Waals surface area contributed by atoms with E-state index in [1.165, 1.54) is 0 Å². The van der Waals surface area contributed by atoms with Crippen molar-refractivity contribution >= 4 is 15.6 Å². The fourth-order valence-electron chi connectivity index (χ4n) is 1.15. The molecule has 0 radical (unpaired) electrons. The van der Waals surface area contributed by atoms with Crippen LogP contribution in [0.1, 0.15) is 6.42 Å². The highest BCUT2D eigenvalue weighted by atomic mass is 31.2. The maximum absolute atomic E-state index is 12.1. The van der Waals surface area contributed by atoms with Gasteiger partial charge in [0.1, 0.15) is 13.3 Å². The first-order valence-corrected chi connectivity index (χ1v) is 9.84. The number of hydrogen-bond donors (Lipinski definition) is 0. The third-order valence-corrected chi connectivity index (χ3v) is 4.86. The third kappa shape index (κ3) is 12.0. The van der Waals surface area contributed by atoms with Gasteiger partial charge in [0, 0.05) is 0 Å². The highest BCUT2D eigenvalue weighted by Crippen LogP contribution is 2.51. The van der Waals surface area contributed by atoms with Crippen molar-refractivity contribution in [3.8, 4) is 12.3 Å². The maximum Gasteiger partial charge on any atom is 0.529 e. The van der Waals surface area contributed by atoms with E-state index in [9.17, 15) is 17.9 Å². The summed E-state index contributed by atoms with van der Waals surface area (Å²) < 4.78 is 76.7. The average molecular weight is 404 g/mol. The smallest absolute Gasteiger partial charge is 0.413 e. The van der Waals surface area contributed by atoms with Crippen LogP contribution in [0.3, 0.4) is 0 Å². The summed E-state index contributed by atoms with van der Waals surface area (Å²) in [5.74, 6) is 2.09. The Hall–Kier alpha value is -1.04. The van der Waals surface area contributed by atoms with Crippen molar-refractivity contribution in [2.24, 2.45) is 0 Å². The van der Waals surface area contributed by atoms with E-state index in [0.717, 1.165) is 12.3 Å². The van der Waals surface area contributed by atoms with Gasteiger partial charge in [0.15, 0.2) is 0 Å². The van der Waals surface area contributed by atoms with Crippen LogP contribution in [0, 0.1) is 12.3 Å². The molecule has 12 heteroatoms. The summed E-state index contributed by atoms with van der Waals surface area (Å²) in [7, 11) is -7.97. The molecule has 0 heterocycles. The molecule has 0 saturated heterocycles. The van der Waals surface area contributed by atoms with Crippen LogP contribution in [-0.2, 0) is 36.3 Å². The number of phosphoric acid groups is 2. The van der Waals surface area contributed by atoms with Gasteiger partial charge in [-0.05, 0) is 12.5 Å². The first-order valence-electron chi connectivity index (χ1n) is 6.92. The summed E-state index contributed by atoms with van der Waals surface area (Å²) in [5.41, 5.74) is 0. The molecule has 0 saturated carbocycles. The molecule has 2 unspecified atom stereocenters. The lowest BCUT2D eigenvalue weighted by Gasteiger charge is -2.17. The highest BCUT2D eigenvalue weighted by molar-refractivity contribution is 7.48. The molecule has 0 spiro atoms. The molecule has 25 heavy (non-hydrogen) atoms. The number of halogens is 2. The Labute approximate surface area is 145 Å². The molecule has 0 N–H and O–H groups in total. The summed E-state index contributed by atoms with van der Waals surface area (Å²) in [5, 5.41) is 0. The number of phosphoric ester groups is 2. The quantitative estimate of drug-likeness (QED) is 0.166. The Kier molecular flexibility index (Phi) is 13.6. The number of rotatable bonds is 16. The fraction of sp³-hybridized carbons (Fsp3) is 0.538. The van der Waals surface area contributed by atoms with E-state index in [4.69, 9.17) is 24.5 Å². The monoisotopic (exact) mass is 404 g/mol. The van der Waals surface area contributed by atoms with Crippen molar-refractivity contribution in [2.75, 3.05) is 39.7 Å². The van der Waals surface area contributed by atoms with Gasteiger partial charge in [-0.1, -0.05) is 12.5 Å². The second kappa shape index (κ2) is 14.2. The molecular weight excluding hydrogens is 384 g/mol. The zero-order chi connectivity index (χ0) is 19.0. The molecule has 0 bridgehead atoms. The molecule has 0 aliphatic rings. The van der Waals surface area contributed by atoms with Crippen molar-refractivity contribution in [1.82, 2.24) is 0 Å². The van der Waals surface area contributed by atoms with Crippen molar-refractivity contribution in [3.63, 3.8) is 0 Å². The van der Waals surface area contributed by atoms with Crippen molar-refractivity contribution in [3.05, 3.63) is 25.2 Å². The maximum atomic E-state index is 12.1. The largest absolute Gasteiger partial charge is 0.529 e. The second-order valence-corrected chi connectivity index (χ2v) is 7.13. The predicted octanol–water partition coefficient (Wildman–Crippen LogP) is 3.92. The molecule has 0 amide bonds. The number of hydrogen-bond acceptors (Lipinski definition) is 8. The summed E-state index contributed by atoms with van der Waals surface area (Å²) in [6.07, 6.45) is 7.05. The van der Waals surface area contributed by atoms with Gasteiger partial charge in [-0.2, -0.15) is 0 Å². The molecule has 0 aromatic rings. The zero-order valence-corrected chi connectivity index (χ0v) is 15.2. The highest BCUT2D eigenvalue weighted by Gasteiger charge is 2.28. The lowest BCUT2D eigenvalue weighted by molar-refractivity contribution is 0.111. The zero-order valence-electron chi connectivity index (χ0n) is 13.4. The summed E-state index contributed by atoms with van der Waals surface area (Å²) >= 11 is 0. The lowest BCUT2D eigenvalue weighted by Crippen LogP contribution is -2.06. The Bertz CT molecular complexity index is 535. The first kappa shape index (κ1) is 24.0.